The van der Waals surface area contributed by atoms with Gasteiger partial charge in [-0.3, -0.25) is 9.79 Å². The van der Waals surface area contributed by atoms with Gasteiger partial charge in [0.2, 0.25) is 5.91 Å². The van der Waals surface area contributed by atoms with Gasteiger partial charge in [0.05, 0.1) is 13.2 Å². The summed E-state index contributed by atoms with van der Waals surface area (Å²) in [7, 11) is 0. The minimum atomic E-state index is 0.295. The molecule has 2 aliphatic heterocycles. The Morgan fingerprint density at radius 2 is 2.30 bits per heavy atom. The Bertz CT molecular complexity index is 434. The van der Waals surface area contributed by atoms with Gasteiger partial charge >= 0.3 is 0 Å². The van der Waals surface area contributed by atoms with Crippen molar-refractivity contribution >= 4 is 11.9 Å². The van der Waals surface area contributed by atoms with E-state index in [0.29, 0.717) is 12.3 Å². The molecule has 0 atom stereocenters. The van der Waals surface area contributed by atoms with Crippen LogP contribution in [-0.4, -0.2) is 62.7 Å². The van der Waals surface area contributed by atoms with Gasteiger partial charge in [-0.05, 0) is 32.6 Å². The van der Waals surface area contributed by atoms with Gasteiger partial charge < -0.3 is 20.3 Å². The highest BCUT2D eigenvalue weighted by molar-refractivity contribution is 5.79. The van der Waals surface area contributed by atoms with Gasteiger partial charge in [-0.1, -0.05) is 11.6 Å². The minimum absolute atomic E-state index is 0.295. The Labute approximate surface area is 139 Å². The van der Waals surface area contributed by atoms with Crippen LogP contribution in [0.15, 0.2) is 16.6 Å². The second-order valence-electron chi connectivity index (χ2n) is 5.96. The monoisotopic (exact) mass is 322 g/mol. The Kier molecular flexibility index (Phi) is 7.93. The molecule has 0 aromatic rings. The van der Waals surface area contributed by atoms with Gasteiger partial charge in [0, 0.05) is 39.1 Å². The van der Waals surface area contributed by atoms with E-state index >= 15 is 0 Å². The number of aliphatic imine (C=N–C) groups is 1. The quantitative estimate of drug-likeness (QED) is 0.306. The van der Waals surface area contributed by atoms with E-state index in [1.165, 1.54) is 5.57 Å². The summed E-state index contributed by atoms with van der Waals surface area (Å²) in [6.07, 6.45) is 6.91. The van der Waals surface area contributed by atoms with Gasteiger partial charge in [-0.2, -0.15) is 0 Å². The van der Waals surface area contributed by atoms with E-state index in [0.717, 1.165) is 77.6 Å². The summed E-state index contributed by atoms with van der Waals surface area (Å²) in [5.41, 5.74) is 1.46. The number of nitrogens with zero attached hydrogens (tertiary/aromatic N) is 2. The lowest BCUT2D eigenvalue weighted by Gasteiger charge is -2.16. The third-order valence-electron chi connectivity index (χ3n) is 4.17. The third-order valence-corrected chi connectivity index (χ3v) is 4.17. The Balaban J connectivity index is 1.64. The van der Waals surface area contributed by atoms with Crippen molar-refractivity contribution in [3.05, 3.63) is 11.6 Å². The Morgan fingerprint density at radius 1 is 1.39 bits per heavy atom. The van der Waals surface area contributed by atoms with Crippen LogP contribution >= 0.6 is 0 Å². The highest BCUT2D eigenvalue weighted by Crippen LogP contribution is 2.11. The number of carbonyl (C=O) groups is 1. The molecule has 0 aliphatic carbocycles. The van der Waals surface area contributed by atoms with Crippen molar-refractivity contribution in [1.29, 1.82) is 0 Å². The zero-order valence-electron chi connectivity index (χ0n) is 14.3. The van der Waals surface area contributed by atoms with Crippen molar-refractivity contribution in [1.82, 2.24) is 15.5 Å². The molecule has 130 valence electrons. The average molecular weight is 322 g/mol. The molecule has 0 aromatic carbocycles. The van der Waals surface area contributed by atoms with Crippen molar-refractivity contribution in [2.24, 2.45) is 4.99 Å². The highest BCUT2D eigenvalue weighted by atomic mass is 16.5. The van der Waals surface area contributed by atoms with Crippen LogP contribution in [0.5, 0.6) is 0 Å². The van der Waals surface area contributed by atoms with E-state index in [1.807, 2.05) is 4.90 Å². The van der Waals surface area contributed by atoms with Crippen molar-refractivity contribution in [3.8, 4) is 0 Å². The molecule has 0 saturated carbocycles. The molecule has 2 N–H and O–H groups in total. The maximum atomic E-state index is 11.5. The van der Waals surface area contributed by atoms with E-state index < -0.39 is 0 Å². The maximum Gasteiger partial charge on any atom is 0.222 e. The van der Waals surface area contributed by atoms with E-state index in [2.05, 4.69) is 28.6 Å². The summed E-state index contributed by atoms with van der Waals surface area (Å²) in [5.74, 6) is 1.16. The Morgan fingerprint density at radius 3 is 3.00 bits per heavy atom. The number of amides is 1. The lowest BCUT2D eigenvalue weighted by atomic mass is 10.1. The van der Waals surface area contributed by atoms with Crippen LogP contribution in [0.2, 0.25) is 0 Å². The summed E-state index contributed by atoms with van der Waals surface area (Å²) in [4.78, 5) is 18.1. The van der Waals surface area contributed by atoms with Crippen LogP contribution < -0.4 is 10.6 Å². The lowest BCUT2D eigenvalue weighted by molar-refractivity contribution is -0.127. The molecule has 2 rings (SSSR count). The number of guanidine groups is 1. The van der Waals surface area contributed by atoms with Crippen LogP contribution in [0.25, 0.3) is 0 Å². The number of rotatable bonds is 8. The molecule has 1 fully saturated rings. The van der Waals surface area contributed by atoms with Gasteiger partial charge in [0.1, 0.15) is 0 Å². The van der Waals surface area contributed by atoms with Crippen LogP contribution in [0.3, 0.4) is 0 Å². The Hall–Kier alpha value is -1.56. The first-order valence-corrected chi connectivity index (χ1v) is 8.85. The summed E-state index contributed by atoms with van der Waals surface area (Å²) in [5, 5.41) is 6.65. The van der Waals surface area contributed by atoms with Crippen LogP contribution in [0.1, 0.15) is 39.0 Å². The van der Waals surface area contributed by atoms with Gasteiger partial charge in [0.15, 0.2) is 5.96 Å². The standard InChI is InChI=1S/C17H30N4O2/c1-2-18-17(20-10-6-15-7-13-23-14-8-15)19-9-4-12-21-11-3-5-16(21)22/h7H,2-6,8-14H2,1H3,(H2,18,19,20). The van der Waals surface area contributed by atoms with Gasteiger partial charge in [-0.25, -0.2) is 0 Å². The molecule has 6 heteroatoms. The molecule has 6 nitrogen and oxygen atoms in total. The fraction of sp³-hybridized carbons (Fsp3) is 0.765. The molecule has 1 amide bonds. The fourth-order valence-electron chi connectivity index (χ4n) is 2.87. The van der Waals surface area contributed by atoms with Crippen LogP contribution in [0.4, 0.5) is 0 Å². The molecule has 0 bridgehead atoms. The first-order chi connectivity index (χ1) is 11.3. The van der Waals surface area contributed by atoms with Crippen LogP contribution in [0, 0.1) is 0 Å². The van der Waals surface area contributed by atoms with E-state index in [-0.39, 0.29) is 0 Å². The topological polar surface area (TPSA) is 66.0 Å². The third kappa shape index (κ3) is 6.60. The number of nitrogens with one attached hydrogen (secondary N) is 2. The normalized spacial score (nSPS) is 19.0. The lowest BCUT2D eigenvalue weighted by Crippen LogP contribution is -2.38. The zero-order chi connectivity index (χ0) is 16.3. The number of ether oxygens (including phenoxy) is 1. The summed E-state index contributed by atoms with van der Waals surface area (Å²) < 4.78 is 5.32. The largest absolute Gasteiger partial charge is 0.377 e. The molecular formula is C17H30N4O2. The molecular weight excluding hydrogens is 292 g/mol. The van der Waals surface area contributed by atoms with Gasteiger partial charge in [-0.15, -0.1) is 0 Å². The smallest absolute Gasteiger partial charge is 0.222 e. The molecule has 2 heterocycles. The van der Waals surface area contributed by atoms with E-state index in [9.17, 15) is 4.79 Å². The van der Waals surface area contributed by atoms with E-state index in [4.69, 9.17) is 4.74 Å². The summed E-state index contributed by atoms with van der Waals surface area (Å²) in [6.45, 7) is 7.90. The number of hydrogen-bond acceptors (Lipinski definition) is 3. The highest BCUT2D eigenvalue weighted by Gasteiger charge is 2.18. The van der Waals surface area contributed by atoms with Crippen molar-refractivity contribution < 1.29 is 9.53 Å². The minimum Gasteiger partial charge on any atom is -0.377 e. The molecule has 0 aromatic heterocycles. The second-order valence-corrected chi connectivity index (χ2v) is 5.96. The van der Waals surface area contributed by atoms with Crippen molar-refractivity contribution in [2.75, 3.05) is 45.9 Å². The average Bonchev–Trinajstić information content (AvgIpc) is 2.97. The predicted molar refractivity (Wildman–Crippen MR) is 92.5 cm³/mol. The maximum absolute atomic E-state index is 11.5. The summed E-state index contributed by atoms with van der Waals surface area (Å²) in [6, 6.07) is 0. The number of carbonyl (C=O) groups excluding carboxylic acids is 1. The van der Waals surface area contributed by atoms with Crippen molar-refractivity contribution in [2.45, 2.75) is 39.0 Å². The number of likely N-dealkylation sites (tertiary alicyclic amines) is 1. The van der Waals surface area contributed by atoms with Gasteiger partial charge in [0.25, 0.3) is 0 Å². The summed E-state index contributed by atoms with van der Waals surface area (Å²) >= 11 is 0. The molecule has 0 radical (unpaired) electrons. The molecule has 0 spiro atoms. The molecule has 1 saturated heterocycles. The predicted octanol–water partition coefficient (Wildman–Crippen LogP) is 1.29. The first kappa shape index (κ1) is 17.8. The first-order valence-electron chi connectivity index (χ1n) is 8.85. The number of hydrogen-bond donors (Lipinski definition) is 2. The zero-order valence-corrected chi connectivity index (χ0v) is 14.3. The second kappa shape index (κ2) is 10.3. The fourth-order valence-corrected chi connectivity index (χ4v) is 2.87. The SMILES string of the molecule is CCNC(=NCCCN1CCCC1=O)NCCC1=CCOCC1. The molecule has 2 aliphatic rings. The van der Waals surface area contributed by atoms with Crippen LogP contribution in [-0.2, 0) is 9.53 Å². The molecule has 0 unspecified atom stereocenters. The van der Waals surface area contributed by atoms with Crippen molar-refractivity contribution in [3.63, 3.8) is 0 Å². The van der Waals surface area contributed by atoms with E-state index in [1.54, 1.807) is 0 Å². The molecule has 23 heavy (non-hydrogen) atoms.